The number of hydrogen-bond donors (Lipinski definition) is 0. The Morgan fingerprint density at radius 3 is 2.64 bits per heavy atom. The van der Waals surface area contributed by atoms with Gasteiger partial charge in [0.25, 0.3) is 0 Å². The second kappa shape index (κ2) is 3.95. The summed E-state index contributed by atoms with van der Waals surface area (Å²) in [6, 6.07) is 0. The first-order chi connectivity index (χ1) is 6.42. The number of esters is 1. The van der Waals surface area contributed by atoms with E-state index in [1.54, 1.807) is 6.08 Å². The molecule has 3 nitrogen and oxygen atoms in total. The van der Waals surface area contributed by atoms with E-state index in [0.717, 1.165) is 6.42 Å². The molecule has 3 heteroatoms. The molecule has 0 saturated heterocycles. The van der Waals surface area contributed by atoms with Crippen molar-refractivity contribution in [2.24, 2.45) is 5.92 Å². The quantitative estimate of drug-likeness (QED) is 0.633. The summed E-state index contributed by atoms with van der Waals surface area (Å²) >= 11 is 0. The molecule has 0 N–H and O–H groups in total. The molecule has 0 heterocycles. The maximum absolute atomic E-state index is 11.0. The molecule has 0 aliphatic heterocycles. The molecule has 1 aliphatic rings. The van der Waals surface area contributed by atoms with Gasteiger partial charge in [0.2, 0.25) is 0 Å². The first-order valence-electron chi connectivity index (χ1n) is 4.82. The summed E-state index contributed by atoms with van der Waals surface area (Å²) in [5.74, 6) is 0.0178. The summed E-state index contributed by atoms with van der Waals surface area (Å²) in [5.41, 5.74) is -0.511. The van der Waals surface area contributed by atoms with Crippen molar-refractivity contribution in [1.82, 2.24) is 0 Å². The molecule has 78 valence electrons. The molecule has 0 radical (unpaired) electrons. The van der Waals surface area contributed by atoms with Gasteiger partial charge in [0.05, 0.1) is 0 Å². The molecule has 0 bridgehead atoms. The van der Waals surface area contributed by atoms with Crippen LogP contribution in [0.15, 0.2) is 12.2 Å². The fourth-order valence-electron chi connectivity index (χ4n) is 1.73. The zero-order valence-electron chi connectivity index (χ0n) is 8.87. The largest absolute Gasteiger partial charge is 0.459 e. The van der Waals surface area contributed by atoms with Crippen LogP contribution in [0.2, 0.25) is 0 Å². The van der Waals surface area contributed by atoms with Crippen molar-refractivity contribution in [3.8, 4) is 0 Å². The van der Waals surface area contributed by atoms with Gasteiger partial charge >= 0.3 is 5.97 Å². The molecular weight excluding hydrogens is 180 g/mol. The average Bonchev–Trinajstić information content (AvgIpc) is 2.02. The lowest BCUT2D eigenvalue weighted by Gasteiger charge is -2.33. The second-order valence-corrected chi connectivity index (χ2v) is 4.17. The Morgan fingerprint density at radius 1 is 1.57 bits per heavy atom. The molecule has 0 aromatic heterocycles. The van der Waals surface area contributed by atoms with Crippen molar-refractivity contribution in [2.75, 3.05) is 0 Å². The van der Waals surface area contributed by atoms with Crippen molar-refractivity contribution >= 4 is 11.8 Å². The fourth-order valence-corrected chi connectivity index (χ4v) is 1.73. The predicted octanol–water partition coefficient (Wildman–Crippen LogP) is 1.86. The maximum Gasteiger partial charge on any atom is 0.303 e. The van der Waals surface area contributed by atoms with Gasteiger partial charge in [0.15, 0.2) is 5.78 Å². The molecule has 0 saturated carbocycles. The number of ether oxygens (including phenoxy) is 1. The number of allylic oxidation sites excluding steroid dienone is 1. The molecule has 1 rings (SSSR count). The molecule has 0 aromatic rings. The minimum absolute atomic E-state index is 0.143. The summed E-state index contributed by atoms with van der Waals surface area (Å²) in [4.78, 5) is 21.8. The van der Waals surface area contributed by atoms with E-state index in [1.807, 2.05) is 19.9 Å². The summed E-state index contributed by atoms with van der Waals surface area (Å²) in [7, 11) is 0. The first-order valence-corrected chi connectivity index (χ1v) is 4.82. The lowest BCUT2D eigenvalue weighted by atomic mass is 9.83. The Labute approximate surface area is 84.1 Å². The second-order valence-electron chi connectivity index (χ2n) is 4.17. The van der Waals surface area contributed by atoms with Crippen LogP contribution in [-0.4, -0.2) is 17.4 Å². The normalized spacial score (nSPS) is 22.2. The predicted molar refractivity (Wildman–Crippen MR) is 52.7 cm³/mol. The topological polar surface area (TPSA) is 43.4 Å². The van der Waals surface area contributed by atoms with E-state index in [0.29, 0.717) is 6.42 Å². The van der Waals surface area contributed by atoms with E-state index in [2.05, 4.69) is 0 Å². The number of carbonyl (C=O) groups excluding carboxylic acids is 2. The third-order valence-corrected chi connectivity index (χ3v) is 2.52. The number of ketones is 1. The van der Waals surface area contributed by atoms with Crippen LogP contribution in [0, 0.1) is 5.92 Å². The van der Waals surface area contributed by atoms with Crippen LogP contribution < -0.4 is 0 Å². The van der Waals surface area contributed by atoms with Crippen LogP contribution in [0.1, 0.15) is 33.6 Å². The molecule has 1 atom stereocenters. The fraction of sp³-hybridized carbons (Fsp3) is 0.636. The van der Waals surface area contributed by atoms with Gasteiger partial charge in [-0.15, -0.1) is 0 Å². The zero-order chi connectivity index (χ0) is 10.8. The molecule has 0 amide bonds. The number of hydrogen-bond acceptors (Lipinski definition) is 3. The van der Waals surface area contributed by atoms with Crippen LogP contribution in [-0.2, 0) is 14.3 Å². The Balaban J connectivity index is 2.68. The van der Waals surface area contributed by atoms with Crippen LogP contribution >= 0.6 is 0 Å². The van der Waals surface area contributed by atoms with Gasteiger partial charge in [-0.25, -0.2) is 0 Å². The summed E-state index contributed by atoms with van der Waals surface area (Å²) < 4.78 is 5.21. The third kappa shape index (κ3) is 2.69. The Hall–Kier alpha value is -1.12. The Morgan fingerprint density at radius 2 is 2.21 bits per heavy atom. The Kier molecular flexibility index (Phi) is 3.09. The molecule has 0 unspecified atom stereocenters. The van der Waals surface area contributed by atoms with E-state index in [9.17, 15) is 9.59 Å². The van der Waals surface area contributed by atoms with Gasteiger partial charge in [-0.3, -0.25) is 9.59 Å². The molecule has 1 aliphatic carbocycles. The highest BCUT2D eigenvalue weighted by Gasteiger charge is 2.32. The summed E-state index contributed by atoms with van der Waals surface area (Å²) in [5, 5.41) is 0. The zero-order valence-corrected chi connectivity index (χ0v) is 8.87. The highest BCUT2D eigenvalue weighted by atomic mass is 16.6. The van der Waals surface area contributed by atoms with E-state index >= 15 is 0 Å². The number of rotatable bonds is 2. The SMILES string of the molecule is CC(=O)OC(C)(C)[C@H]1C=CC(=O)CC1. The lowest BCUT2D eigenvalue weighted by molar-refractivity contribution is -0.157. The number of carbonyl (C=O) groups is 2. The van der Waals surface area contributed by atoms with E-state index < -0.39 is 5.60 Å². The maximum atomic E-state index is 11.0. The Bertz CT molecular complexity index is 276. The molecular formula is C11H16O3. The lowest BCUT2D eigenvalue weighted by Crippen LogP contribution is -2.36. The van der Waals surface area contributed by atoms with Crippen molar-refractivity contribution in [3.05, 3.63) is 12.2 Å². The van der Waals surface area contributed by atoms with Gasteiger partial charge in [0.1, 0.15) is 5.60 Å². The first kappa shape index (κ1) is 11.0. The third-order valence-electron chi connectivity index (χ3n) is 2.52. The van der Waals surface area contributed by atoms with Gasteiger partial charge < -0.3 is 4.74 Å². The van der Waals surface area contributed by atoms with Gasteiger partial charge in [-0.1, -0.05) is 6.08 Å². The van der Waals surface area contributed by atoms with Crippen molar-refractivity contribution in [1.29, 1.82) is 0 Å². The van der Waals surface area contributed by atoms with Crippen LogP contribution in [0.3, 0.4) is 0 Å². The minimum Gasteiger partial charge on any atom is -0.459 e. The van der Waals surface area contributed by atoms with Crippen molar-refractivity contribution in [3.63, 3.8) is 0 Å². The van der Waals surface area contributed by atoms with Crippen molar-refractivity contribution in [2.45, 2.75) is 39.2 Å². The molecule has 14 heavy (non-hydrogen) atoms. The summed E-state index contributed by atoms with van der Waals surface area (Å²) in [6.45, 7) is 5.15. The highest BCUT2D eigenvalue weighted by Crippen LogP contribution is 2.29. The standard InChI is InChI=1S/C11H16O3/c1-8(12)14-11(2,3)9-4-6-10(13)7-5-9/h4,6,9H,5,7H2,1-3H3/t9-/m0/s1. The van der Waals surface area contributed by atoms with Gasteiger partial charge in [-0.2, -0.15) is 0 Å². The summed E-state index contributed by atoms with van der Waals surface area (Å²) in [6.07, 6.45) is 4.73. The highest BCUT2D eigenvalue weighted by molar-refractivity contribution is 5.90. The van der Waals surface area contributed by atoms with Crippen LogP contribution in [0.4, 0.5) is 0 Å². The van der Waals surface area contributed by atoms with Gasteiger partial charge in [-0.05, 0) is 26.3 Å². The van der Waals surface area contributed by atoms with Gasteiger partial charge in [0, 0.05) is 19.3 Å². The van der Waals surface area contributed by atoms with Crippen molar-refractivity contribution < 1.29 is 14.3 Å². The molecule has 0 aromatic carbocycles. The molecule has 0 fully saturated rings. The monoisotopic (exact) mass is 196 g/mol. The average molecular weight is 196 g/mol. The molecule has 0 spiro atoms. The van der Waals surface area contributed by atoms with E-state index in [-0.39, 0.29) is 17.7 Å². The van der Waals surface area contributed by atoms with E-state index in [4.69, 9.17) is 4.74 Å². The minimum atomic E-state index is -0.511. The smallest absolute Gasteiger partial charge is 0.303 e. The van der Waals surface area contributed by atoms with E-state index in [1.165, 1.54) is 6.92 Å². The van der Waals surface area contributed by atoms with Crippen LogP contribution in [0.5, 0.6) is 0 Å². The van der Waals surface area contributed by atoms with Crippen LogP contribution in [0.25, 0.3) is 0 Å².